The number of hydrogen-bond donors (Lipinski definition) is 4. The van der Waals surface area contributed by atoms with Crippen LogP contribution in [0.2, 0.25) is 0 Å². The van der Waals surface area contributed by atoms with Gasteiger partial charge in [-0.05, 0) is 80.5 Å². The van der Waals surface area contributed by atoms with Gasteiger partial charge in [-0.2, -0.15) is 9.28 Å². The van der Waals surface area contributed by atoms with Crippen molar-refractivity contribution in [2.24, 2.45) is 0 Å². The molecule has 5 rings (SSSR count). The van der Waals surface area contributed by atoms with Crippen LogP contribution < -0.4 is 10.6 Å². The van der Waals surface area contributed by atoms with E-state index in [0.29, 0.717) is 37.7 Å². The average molecular weight is 715 g/mol. The number of phenolic OH excluding ortho intramolecular Hbond substituents is 2. The molecular weight excluding hydrogens is 664 g/mol. The zero-order valence-electron chi connectivity index (χ0n) is 30.8. The Kier molecular flexibility index (Phi) is 11.9. The van der Waals surface area contributed by atoms with Gasteiger partial charge in [-0.3, -0.25) is 14.4 Å². The Bertz CT molecular complexity index is 1790. The van der Waals surface area contributed by atoms with Crippen LogP contribution in [-0.2, 0) is 43.4 Å². The van der Waals surface area contributed by atoms with E-state index in [-0.39, 0.29) is 62.4 Å². The van der Waals surface area contributed by atoms with Crippen molar-refractivity contribution >= 4 is 29.7 Å². The molecule has 2 saturated heterocycles. The van der Waals surface area contributed by atoms with Gasteiger partial charge in [-0.15, -0.1) is 0 Å². The third-order valence-corrected chi connectivity index (χ3v) is 10.1. The molecular formula is C40H49N4O8+. The SMILES string of the molecule is [2H][C@@]1(C(=O)N[C@@](C)(Cc2ccc(O)cc2)C(=O)NCC(=O)[N+]2(C(=O)OCc3ccccc3)CCC[C@H]2C)CCCN1C(=O)CCCc1ccc(O)cc1. The number of carbonyl (C=O) groups is 5. The molecule has 2 fully saturated rings. The number of ether oxygens (including phenoxy) is 1. The summed E-state index contributed by atoms with van der Waals surface area (Å²) in [6.45, 7) is 3.21. The molecule has 1 unspecified atom stereocenters. The van der Waals surface area contributed by atoms with Gasteiger partial charge in [0.25, 0.3) is 0 Å². The van der Waals surface area contributed by atoms with Gasteiger partial charge in [-0.1, -0.05) is 54.6 Å². The lowest BCUT2D eigenvalue weighted by Gasteiger charge is -2.34. The molecule has 0 aromatic heterocycles. The number of hydrogen-bond acceptors (Lipinski definition) is 8. The summed E-state index contributed by atoms with van der Waals surface area (Å²) in [5.74, 6) is -2.28. The molecule has 2 aliphatic rings. The van der Waals surface area contributed by atoms with Crippen LogP contribution in [0.5, 0.6) is 11.5 Å². The molecule has 0 spiro atoms. The summed E-state index contributed by atoms with van der Waals surface area (Å²) in [5.41, 5.74) is 0.600. The minimum Gasteiger partial charge on any atom is -0.508 e. The second-order valence-electron chi connectivity index (χ2n) is 13.9. The summed E-state index contributed by atoms with van der Waals surface area (Å²) < 4.78 is 14.3. The number of carbonyl (C=O) groups excluding carboxylic acids is 5. The number of likely N-dealkylation sites (tertiary alicyclic amines) is 2. The van der Waals surface area contributed by atoms with Crippen LogP contribution >= 0.6 is 0 Å². The van der Waals surface area contributed by atoms with Crippen molar-refractivity contribution in [1.82, 2.24) is 15.5 Å². The second-order valence-corrected chi connectivity index (χ2v) is 13.9. The Morgan fingerprint density at radius 2 is 1.56 bits per heavy atom. The van der Waals surface area contributed by atoms with Crippen molar-refractivity contribution in [3.8, 4) is 11.5 Å². The number of nitrogens with zero attached hydrogens (tertiary/aromatic N) is 2. The van der Waals surface area contributed by atoms with Gasteiger partial charge in [0.2, 0.25) is 17.7 Å². The highest BCUT2D eigenvalue weighted by atomic mass is 16.6. The first-order valence-corrected chi connectivity index (χ1v) is 17.9. The van der Waals surface area contributed by atoms with Gasteiger partial charge in [0.05, 0.1) is 7.92 Å². The minimum atomic E-state index is -1.97. The van der Waals surface area contributed by atoms with Crippen LogP contribution in [-0.4, -0.2) is 86.6 Å². The Labute approximate surface area is 305 Å². The smallest absolute Gasteiger partial charge is 0.508 e. The number of rotatable bonds is 13. The van der Waals surface area contributed by atoms with Crippen molar-refractivity contribution < 1.29 is 44.8 Å². The van der Waals surface area contributed by atoms with E-state index in [0.717, 1.165) is 11.1 Å². The molecule has 0 saturated carbocycles. The van der Waals surface area contributed by atoms with E-state index in [2.05, 4.69) is 10.6 Å². The monoisotopic (exact) mass is 714 g/mol. The number of aryl methyl sites for hydroxylation is 1. The van der Waals surface area contributed by atoms with E-state index in [1.165, 1.54) is 24.0 Å². The van der Waals surface area contributed by atoms with E-state index >= 15 is 0 Å². The second kappa shape index (κ2) is 16.9. The Balaban J connectivity index is 1.29. The Morgan fingerprint density at radius 1 is 0.904 bits per heavy atom. The van der Waals surface area contributed by atoms with Gasteiger partial charge >= 0.3 is 12.0 Å². The molecule has 3 aromatic rings. The average Bonchev–Trinajstić information content (AvgIpc) is 3.75. The number of benzene rings is 3. The number of amides is 5. The fraction of sp³-hybridized carbons (Fsp3) is 0.425. The van der Waals surface area contributed by atoms with Crippen molar-refractivity contribution in [3.05, 3.63) is 95.6 Å². The summed E-state index contributed by atoms with van der Waals surface area (Å²) in [6, 6.07) is 19.6. The lowest BCUT2D eigenvalue weighted by Crippen LogP contribution is -2.65. The highest BCUT2D eigenvalue weighted by Crippen LogP contribution is 2.30. The molecule has 2 aliphatic heterocycles. The van der Waals surface area contributed by atoms with Gasteiger partial charge in [0.1, 0.15) is 42.2 Å². The van der Waals surface area contributed by atoms with Gasteiger partial charge in [0, 0.05) is 32.2 Å². The summed E-state index contributed by atoms with van der Waals surface area (Å²) in [5, 5.41) is 24.8. The maximum Gasteiger partial charge on any atom is 0.524 e. The molecule has 3 aromatic carbocycles. The number of aromatic hydroxyl groups is 2. The van der Waals surface area contributed by atoms with Gasteiger partial charge in [0.15, 0.2) is 0 Å². The highest BCUT2D eigenvalue weighted by Gasteiger charge is 2.54. The lowest BCUT2D eigenvalue weighted by atomic mass is 9.90. The fourth-order valence-corrected chi connectivity index (χ4v) is 7.10. The normalized spacial score (nSPS) is 22.5. The van der Waals surface area contributed by atoms with Crippen molar-refractivity contribution in [2.75, 3.05) is 19.6 Å². The maximum absolute atomic E-state index is 14.1. The topological polar surface area (TPSA) is 162 Å². The van der Waals surface area contributed by atoms with Crippen LogP contribution in [0, 0.1) is 0 Å². The van der Waals surface area contributed by atoms with E-state index in [9.17, 15) is 35.6 Å². The predicted molar refractivity (Wildman–Crippen MR) is 193 cm³/mol. The number of quaternary nitrogens is 1. The molecule has 52 heavy (non-hydrogen) atoms. The van der Waals surface area contributed by atoms with Crippen LogP contribution in [0.15, 0.2) is 78.9 Å². The van der Waals surface area contributed by atoms with Crippen LogP contribution in [0.4, 0.5) is 4.79 Å². The highest BCUT2D eigenvalue weighted by molar-refractivity contribution is 5.96. The summed E-state index contributed by atoms with van der Waals surface area (Å²) in [4.78, 5) is 70.2. The van der Waals surface area contributed by atoms with E-state index < -0.39 is 46.4 Å². The summed E-state index contributed by atoms with van der Waals surface area (Å²) in [6.07, 6.45) is 2.13. The lowest BCUT2D eigenvalue weighted by molar-refractivity contribution is -0.792. The minimum absolute atomic E-state index is 0.00439. The zero-order valence-corrected chi connectivity index (χ0v) is 29.8. The molecule has 0 radical (unpaired) electrons. The number of imide groups is 1. The van der Waals surface area contributed by atoms with E-state index in [1.54, 1.807) is 43.3 Å². The molecule has 2 heterocycles. The maximum atomic E-state index is 14.1. The molecule has 12 heteroatoms. The molecule has 0 bridgehead atoms. The number of phenols is 2. The van der Waals surface area contributed by atoms with E-state index in [4.69, 9.17) is 4.74 Å². The van der Waals surface area contributed by atoms with Gasteiger partial charge < -0.3 is 30.5 Å². The molecule has 276 valence electrons. The van der Waals surface area contributed by atoms with Crippen LogP contribution in [0.25, 0.3) is 0 Å². The zero-order chi connectivity index (χ0) is 38.2. The van der Waals surface area contributed by atoms with E-state index in [1.807, 2.05) is 30.3 Å². The molecule has 12 nitrogen and oxygen atoms in total. The molecule has 0 aliphatic carbocycles. The first-order chi connectivity index (χ1) is 25.3. The summed E-state index contributed by atoms with van der Waals surface area (Å²) in [7, 11) is 0. The third-order valence-electron chi connectivity index (χ3n) is 10.1. The molecule has 4 N–H and O–H groups in total. The van der Waals surface area contributed by atoms with Crippen molar-refractivity contribution in [3.63, 3.8) is 0 Å². The van der Waals surface area contributed by atoms with Crippen molar-refractivity contribution in [1.29, 1.82) is 0 Å². The first-order valence-electron chi connectivity index (χ1n) is 18.4. The standard InChI is InChI=1S/C40H48N4O8/c1-28-9-8-24-44(28,39(51)52-27-31-10-4-3-5-11-31)36(48)26-41-38(50)40(2,25-30-17-21-33(46)22-18-30)42-37(49)34-13-7-23-43(34)35(47)14-6-12-29-15-19-32(45)20-16-29/h3-5,10-11,15-22,28,34H,6-9,12-14,23-27H2,1-2H3,(H3-,41,42,45,46,49,50)/p+1/t28-,34+,40+,44?/m1/s1/i34D. The predicted octanol–water partition coefficient (Wildman–Crippen LogP) is 4.51. The van der Waals surface area contributed by atoms with Crippen molar-refractivity contribution in [2.45, 2.75) is 89.4 Å². The molecule has 5 amide bonds. The number of nitrogens with one attached hydrogen (secondary N) is 2. The largest absolute Gasteiger partial charge is 0.524 e. The Hall–Kier alpha value is -5.23. The summed E-state index contributed by atoms with van der Waals surface area (Å²) >= 11 is 0. The van der Waals surface area contributed by atoms with Crippen LogP contribution in [0.1, 0.15) is 70.4 Å². The third kappa shape index (κ3) is 8.97. The van der Waals surface area contributed by atoms with Crippen LogP contribution in [0.3, 0.4) is 0 Å². The quantitative estimate of drug-likeness (QED) is 0.188. The first kappa shape index (κ1) is 36.6. The molecule has 4 atom stereocenters. The van der Waals surface area contributed by atoms with Gasteiger partial charge in [-0.25, -0.2) is 4.79 Å². The fourth-order valence-electron chi connectivity index (χ4n) is 7.10. The Morgan fingerprint density at radius 3 is 2.19 bits per heavy atom.